The van der Waals surface area contributed by atoms with Gasteiger partial charge in [0.15, 0.2) is 0 Å². The van der Waals surface area contributed by atoms with E-state index in [1.54, 1.807) is 0 Å². The van der Waals surface area contributed by atoms with Crippen molar-refractivity contribution in [3.05, 3.63) is 24.0 Å². The molecule has 0 saturated carbocycles. The van der Waals surface area contributed by atoms with Crippen LogP contribution in [-0.2, 0) is 4.74 Å². The standard InChI is InChI=1S/C15H25NO/c1-13-6-7-15(12-14(13)2)17-11-10-16-8-4-3-5-9-16/h6-7,12-14H,3-5,8-11H2,1-2H3/t13-,14+/m0/s1. The molecule has 0 amide bonds. The monoisotopic (exact) mass is 235 g/mol. The van der Waals surface area contributed by atoms with Crippen molar-refractivity contribution in [1.82, 2.24) is 4.90 Å². The molecule has 0 unspecified atom stereocenters. The molecule has 96 valence electrons. The lowest BCUT2D eigenvalue weighted by Gasteiger charge is -2.26. The van der Waals surface area contributed by atoms with Crippen LogP contribution in [0.5, 0.6) is 0 Å². The molecule has 0 aromatic heterocycles. The molecule has 0 spiro atoms. The average Bonchev–Trinajstić information content (AvgIpc) is 2.35. The van der Waals surface area contributed by atoms with Gasteiger partial charge in [-0.1, -0.05) is 26.3 Å². The van der Waals surface area contributed by atoms with Crippen LogP contribution in [0.4, 0.5) is 0 Å². The minimum absolute atomic E-state index is 0.602. The van der Waals surface area contributed by atoms with Crippen LogP contribution >= 0.6 is 0 Å². The van der Waals surface area contributed by atoms with Crippen molar-refractivity contribution in [2.24, 2.45) is 11.8 Å². The summed E-state index contributed by atoms with van der Waals surface area (Å²) in [5, 5.41) is 0. The minimum atomic E-state index is 0.602. The summed E-state index contributed by atoms with van der Waals surface area (Å²) in [6.07, 6.45) is 10.7. The Kier molecular flexibility index (Phi) is 4.66. The van der Waals surface area contributed by atoms with Crippen LogP contribution in [0.2, 0.25) is 0 Å². The van der Waals surface area contributed by atoms with E-state index in [0.29, 0.717) is 11.8 Å². The maximum absolute atomic E-state index is 5.84. The van der Waals surface area contributed by atoms with Gasteiger partial charge in [-0.15, -0.1) is 0 Å². The van der Waals surface area contributed by atoms with Gasteiger partial charge < -0.3 is 4.74 Å². The van der Waals surface area contributed by atoms with E-state index in [-0.39, 0.29) is 0 Å². The minimum Gasteiger partial charge on any atom is -0.493 e. The third-order valence-corrected chi connectivity index (χ3v) is 3.95. The second kappa shape index (κ2) is 6.25. The van der Waals surface area contributed by atoms with Crippen molar-refractivity contribution in [2.45, 2.75) is 33.1 Å². The van der Waals surface area contributed by atoms with Gasteiger partial charge in [-0.3, -0.25) is 4.90 Å². The molecule has 1 fully saturated rings. The number of piperidine rings is 1. The summed E-state index contributed by atoms with van der Waals surface area (Å²) < 4.78 is 5.84. The van der Waals surface area contributed by atoms with Gasteiger partial charge in [0.1, 0.15) is 12.4 Å². The van der Waals surface area contributed by atoms with Crippen LogP contribution in [0.15, 0.2) is 24.0 Å². The molecular formula is C15H25NO. The first kappa shape index (κ1) is 12.7. The number of nitrogens with zero attached hydrogens (tertiary/aromatic N) is 1. The predicted octanol–water partition coefficient (Wildman–Crippen LogP) is 3.21. The SMILES string of the molecule is C[C@@H]1C=C(OCCN2CCCCC2)C=C[C@@H]1C. The number of hydrogen-bond acceptors (Lipinski definition) is 2. The lowest BCUT2D eigenvalue weighted by molar-refractivity contribution is 0.146. The van der Waals surface area contributed by atoms with Crippen LogP contribution in [0.1, 0.15) is 33.1 Å². The zero-order valence-electron chi connectivity index (χ0n) is 11.2. The fourth-order valence-electron chi connectivity index (χ4n) is 2.46. The van der Waals surface area contributed by atoms with Gasteiger partial charge in [-0.2, -0.15) is 0 Å². The molecule has 17 heavy (non-hydrogen) atoms. The topological polar surface area (TPSA) is 12.5 Å². The quantitative estimate of drug-likeness (QED) is 0.742. The van der Waals surface area contributed by atoms with Gasteiger partial charge in [0.05, 0.1) is 0 Å². The molecule has 0 bridgehead atoms. The Labute approximate surface area is 105 Å². The normalized spacial score (nSPS) is 30.1. The lowest BCUT2D eigenvalue weighted by Crippen LogP contribution is -2.32. The van der Waals surface area contributed by atoms with Crippen molar-refractivity contribution < 1.29 is 4.74 Å². The highest BCUT2D eigenvalue weighted by atomic mass is 16.5. The summed E-state index contributed by atoms with van der Waals surface area (Å²) in [4.78, 5) is 2.52. The Hall–Kier alpha value is -0.760. The highest BCUT2D eigenvalue weighted by Crippen LogP contribution is 2.22. The highest BCUT2D eigenvalue weighted by molar-refractivity contribution is 5.19. The first-order valence-electron chi connectivity index (χ1n) is 7.01. The van der Waals surface area contributed by atoms with Gasteiger partial charge in [0.25, 0.3) is 0 Å². The molecule has 2 rings (SSSR count). The Bertz CT molecular complexity index is 289. The van der Waals surface area contributed by atoms with E-state index in [1.165, 1.54) is 32.4 Å². The molecule has 0 aromatic carbocycles. The lowest BCUT2D eigenvalue weighted by atomic mass is 9.91. The summed E-state index contributed by atoms with van der Waals surface area (Å²) in [6, 6.07) is 0. The van der Waals surface area contributed by atoms with E-state index >= 15 is 0 Å². The van der Waals surface area contributed by atoms with Crippen LogP contribution in [0.3, 0.4) is 0 Å². The van der Waals surface area contributed by atoms with Gasteiger partial charge >= 0.3 is 0 Å². The third kappa shape index (κ3) is 3.88. The first-order chi connectivity index (χ1) is 8.25. The summed E-state index contributed by atoms with van der Waals surface area (Å²) in [5.74, 6) is 2.31. The summed E-state index contributed by atoms with van der Waals surface area (Å²) in [5.41, 5.74) is 0. The fraction of sp³-hybridized carbons (Fsp3) is 0.733. The van der Waals surface area contributed by atoms with E-state index in [0.717, 1.165) is 18.9 Å². The number of rotatable bonds is 4. The Morgan fingerprint density at radius 1 is 1.18 bits per heavy atom. The van der Waals surface area contributed by atoms with Crippen LogP contribution in [0, 0.1) is 11.8 Å². The van der Waals surface area contributed by atoms with Gasteiger partial charge in [-0.05, 0) is 49.9 Å². The average molecular weight is 235 g/mol. The maximum atomic E-state index is 5.84. The number of hydrogen-bond donors (Lipinski definition) is 0. The molecule has 1 aliphatic heterocycles. The maximum Gasteiger partial charge on any atom is 0.115 e. The number of allylic oxidation sites excluding steroid dienone is 3. The Morgan fingerprint density at radius 2 is 1.94 bits per heavy atom. The van der Waals surface area contributed by atoms with E-state index in [4.69, 9.17) is 4.74 Å². The largest absolute Gasteiger partial charge is 0.493 e. The second-order valence-corrected chi connectivity index (χ2v) is 5.40. The molecule has 0 aromatic rings. The summed E-state index contributed by atoms with van der Waals surface area (Å²) >= 11 is 0. The van der Waals surface area contributed by atoms with Crippen molar-refractivity contribution in [1.29, 1.82) is 0 Å². The zero-order chi connectivity index (χ0) is 12.1. The molecule has 0 radical (unpaired) electrons. The summed E-state index contributed by atoms with van der Waals surface area (Å²) in [6.45, 7) is 8.92. The smallest absolute Gasteiger partial charge is 0.115 e. The third-order valence-electron chi connectivity index (χ3n) is 3.95. The van der Waals surface area contributed by atoms with Gasteiger partial charge in [0, 0.05) is 6.54 Å². The van der Waals surface area contributed by atoms with E-state index in [2.05, 4.69) is 37.0 Å². The van der Waals surface area contributed by atoms with Crippen molar-refractivity contribution >= 4 is 0 Å². The fourth-order valence-corrected chi connectivity index (χ4v) is 2.46. The molecule has 2 atom stereocenters. The highest BCUT2D eigenvalue weighted by Gasteiger charge is 2.13. The zero-order valence-corrected chi connectivity index (χ0v) is 11.2. The van der Waals surface area contributed by atoms with Crippen LogP contribution in [-0.4, -0.2) is 31.1 Å². The van der Waals surface area contributed by atoms with Gasteiger partial charge in [-0.25, -0.2) is 0 Å². The molecule has 0 N–H and O–H groups in total. The summed E-state index contributed by atoms with van der Waals surface area (Å²) in [7, 11) is 0. The number of likely N-dealkylation sites (tertiary alicyclic amines) is 1. The predicted molar refractivity (Wildman–Crippen MR) is 71.8 cm³/mol. The molecule has 2 heteroatoms. The molecular weight excluding hydrogens is 210 g/mol. The van der Waals surface area contributed by atoms with Crippen molar-refractivity contribution in [2.75, 3.05) is 26.2 Å². The van der Waals surface area contributed by atoms with Crippen LogP contribution < -0.4 is 0 Å². The number of ether oxygens (including phenoxy) is 1. The van der Waals surface area contributed by atoms with Gasteiger partial charge in [0.2, 0.25) is 0 Å². The Balaban J connectivity index is 1.68. The molecule has 1 heterocycles. The molecule has 2 aliphatic rings. The second-order valence-electron chi connectivity index (χ2n) is 5.40. The van der Waals surface area contributed by atoms with Crippen molar-refractivity contribution in [3.8, 4) is 0 Å². The molecule has 1 aliphatic carbocycles. The van der Waals surface area contributed by atoms with E-state index in [1.807, 2.05) is 0 Å². The van der Waals surface area contributed by atoms with E-state index < -0.39 is 0 Å². The molecule has 2 nitrogen and oxygen atoms in total. The first-order valence-corrected chi connectivity index (χ1v) is 7.01. The van der Waals surface area contributed by atoms with Crippen molar-refractivity contribution in [3.63, 3.8) is 0 Å². The molecule has 1 saturated heterocycles. The van der Waals surface area contributed by atoms with E-state index in [9.17, 15) is 0 Å². The van der Waals surface area contributed by atoms with Crippen LogP contribution in [0.25, 0.3) is 0 Å². The Morgan fingerprint density at radius 3 is 2.65 bits per heavy atom.